The summed E-state index contributed by atoms with van der Waals surface area (Å²) in [6.07, 6.45) is 1.11. The second-order valence-electron chi connectivity index (χ2n) is 3.37. The van der Waals surface area contributed by atoms with Gasteiger partial charge in [-0.25, -0.2) is 0 Å². The molecule has 1 aromatic rings. The molecule has 0 fully saturated rings. The predicted octanol–water partition coefficient (Wildman–Crippen LogP) is 1.86. The van der Waals surface area contributed by atoms with E-state index in [1.165, 1.54) is 26.4 Å². The first-order chi connectivity index (χ1) is 7.69. The number of phenolic OH excluding ortho intramolecular Hbond substituents is 1. The Morgan fingerprint density at radius 3 is 2.62 bits per heavy atom. The number of aromatic hydroxyl groups is 1. The Labute approximate surface area is 93.1 Å². The van der Waals surface area contributed by atoms with Crippen LogP contribution in [0.4, 0.5) is 5.69 Å². The van der Waals surface area contributed by atoms with Crippen LogP contribution < -0.4 is 5.06 Å². The molecule has 1 aliphatic rings. The zero-order valence-electron chi connectivity index (χ0n) is 9.04. The Kier molecular flexibility index (Phi) is 2.72. The van der Waals surface area contributed by atoms with E-state index in [2.05, 4.69) is 0 Å². The Balaban J connectivity index is 2.59. The number of methoxy groups -OCH3 is 1. The predicted molar refractivity (Wildman–Crippen MR) is 58.1 cm³/mol. The fourth-order valence-electron chi connectivity index (χ4n) is 1.79. The van der Waals surface area contributed by atoms with Crippen molar-refractivity contribution in [2.24, 2.45) is 0 Å². The number of aliphatic hydroxyl groups excluding tert-OH is 1. The summed E-state index contributed by atoms with van der Waals surface area (Å²) < 4.78 is 5.21. The maximum Gasteiger partial charge on any atom is 0.215 e. The van der Waals surface area contributed by atoms with E-state index < -0.39 is 6.10 Å². The summed E-state index contributed by atoms with van der Waals surface area (Å²) in [6, 6.07) is 5.04. The topological polar surface area (TPSA) is 62.2 Å². The number of hydrogen-bond acceptors (Lipinski definition) is 5. The van der Waals surface area contributed by atoms with Crippen molar-refractivity contribution in [1.29, 1.82) is 0 Å². The van der Waals surface area contributed by atoms with E-state index in [1.807, 2.05) is 0 Å². The molecule has 86 valence electrons. The van der Waals surface area contributed by atoms with Crippen molar-refractivity contribution >= 4 is 5.69 Å². The highest BCUT2D eigenvalue weighted by Crippen LogP contribution is 2.41. The first-order valence-electron chi connectivity index (χ1n) is 4.78. The number of fused-ring (bicyclic) bond motifs is 1. The third kappa shape index (κ3) is 1.50. The van der Waals surface area contributed by atoms with Crippen molar-refractivity contribution in [3.05, 3.63) is 35.7 Å². The van der Waals surface area contributed by atoms with Crippen LogP contribution in [0.25, 0.3) is 0 Å². The highest BCUT2D eigenvalue weighted by Gasteiger charge is 2.28. The minimum atomic E-state index is -0.395. The molecule has 0 bridgehead atoms. The number of rotatable bonds is 2. The van der Waals surface area contributed by atoms with Gasteiger partial charge in [0.1, 0.15) is 17.5 Å². The first kappa shape index (κ1) is 10.8. The zero-order chi connectivity index (χ0) is 11.7. The molecule has 5 nitrogen and oxygen atoms in total. The van der Waals surface area contributed by atoms with Gasteiger partial charge in [0.2, 0.25) is 5.88 Å². The van der Waals surface area contributed by atoms with Crippen molar-refractivity contribution in [3.8, 4) is 5.75 Å². The van der Waals surface area contributed by atoms with E-state index in [-0.39, 0.29) is 11.6 Å². The monoisotopic (exact) mass is 223 g/mol. The van der Waals surface area contributed by atoms with E-state index in [1.54, 1.807) is 12.1 Å². The van der Waals surface area contributed by atoms with E-state index in [0.29, 0.717) is 5.69 Å². The minimum absolute atomic E-state index is 0.0288. The molecular formula is C11H13NO4. The molecule has 1 aromatic carbocycles. The molecule has 2 N–H and O–H groups in total. The molecule has 5 heteroatoms. The molecule has 2 rings (SSSR count). The Bertz CT molecular complexity index is 430. The van der Waals surface area contributed by atoms with E-state index in [9.17, 15) is 10.2 Å². The lowest BCUT2D eigenvalue weighted by molar-refractivity contribution is 0.107. The third-order valence-corrected chi connectivity index (χ3v) is 2.50. The van der Waals surface area contributed by atoms with Gasteiger partial charge in [-0.15, -0.1) is 0 Å². The van der Waals surface area contributed by atoms with Crippen LogP contribution in [0.15, 0.2) is 30.2 Å². The fourth-order valence-corrected chi connectivity index (χ4v) is 1.79. The van der Waals surface area contributed by atoms with Gasteiger partial charge in [0.15, 0.2) is 0 Å². The maximum atomic E-state index is 9.77. The summed E-state index contributed by atoms with van der Waals surface area (Å²) in [5.41, 5.74) is 1.14. The number of nitrogens with zero attached hydrogens (tertiary/aromatic N) is 1. The molecular weight excluding hydrogens is 210 g/mol. The van der Waals surface area contributed by atoms with E-state index in [0.717, 1.165) is 10.6 Å². The van der Waals surface area contributed by atoms with E-state index in [4.69, 9.17) is 9.57 Å². The van der Waals surface area contributed by atoms with Crippen LogP contribution in [0.3, 0.4) is 0 Å². The molecule has 1 unspecified atom stereocenters. The molecule has 0 aliphatic carbocycles. The number of para-hydroxylation sites is 1. The van der Waals surface area contributed by atoms with Gasteiger partial charge in [0, 0.05) is 18.7 Å². The molecule has 0 saturated heterocycles. The molecule has 0 spiro atoms. The second-order valence-corrected chi connectivity index (χ2v) is 3.37. The molecule has 1 atom stereocenters. The summed E-state index contributed by atoms with van der Waals surface area (Å²) in [7, 11) is 2.94. The average Bonchev–Trinajstić information content (AvgIpc) is 2.29. The van der Waals surface area contributed by atoms with Crippen molar-refractivity contribution in [2.45, 2.75) is 6.10 Å². The van der Waals surface area contributed by atoms with Crippen molar-refractivity contribution in [3.63, 3.8) is 0 Å². The van der Waals surface area contributed by atoms with Crippen LogP contribution >= 0.6 is 0 Å². The van der Waals surface area contributed by atoms with Crippen LogP contribution in [-0.4, -0.2) is 24.4 Å². The van der Waals surface area contributed by atoms with Crippen LogP contribution in [0.1, 0.15) is 11.7 Å². The second kappa shape index (κ2) is 4.03. The van der Waals surface area contributed by atoms with E-state index >= 15 is 0 Å². The van der Waals surface area contributed by atoms with Gasteiger partial charge in [-0.05, 0) is 6.07 Å². The smallest absolute Gasteiger partial charge is 0.215 e. The average molecular weight is 223 g/mol. The number of phenols is 1. The molecule has 0 amide bonds. The van der Waals surface area contributed by atoms with Gasteiger partial charge in [0.25, 0.3) is 0 Å². The first-order valence-corrected chi connectivity index (χ1v) is 4.78. The van der Waals surface area contributed by atoms with Gasteiger partial charge in [-0.3, -0.25) is 4.84 Å². The van der Waals surface area contributed by atoms with Crippen molar-refractivity contribution < 1.29 is 19.8 Å². The fraction of sp³-hybridized carbons (Fsp3) is 0.273. The summed E-state index contributed by atoms with van der Waals surface area (Å²) in [5, 5.41) is 20.6. The van der Waals surface area contributed by atoms with Gasteiger partial charge in [-0.2, -0.15) is 5.06 Å². The summed E-state index contributed by atoms with van der Waals surface area (Å²) in [4.78, 5) is 5.00. The van der Waals surface area contributed by atoms with Crippen molar-refractivity contribution in [1.82, 2.24) is 0 Å². The minimum Gasteiger partial charge on any atom is -0.506 e. The zero-order valence-corrected chi connectivity index (χ0v) is 9.04. The Morgan fingerprint density at radius 2 is 2.00 bits per heavy atom. The molecule has 16 heavy (non-hydrogen) atoms. The largest absolute Gasteiger partial charge is 0.506 e. The Hall–Kier alpha value is -1.72. The number of hydrogen-bond donors (Lipinski definition) is 2. The standard InChI is InChI=1S/C11H13NO4/c1-15-9-6-10(14)12(16-2)11-7(9)4-3-5-8(11)13/h3-6,9,13-14H,1-2H3. The summed E-state index contributed by atoms with van der Waals surface area (Å²) in [5.74, 6) is -0.0793. The van der Waals surface area contributed by atoms with Gasteiger partial charge >= 0.3 is 0 Å². The van der Waals surface area contributed by atoms with Gasteiger partial charge < -0.3 is 14.9 Å². The molecule has 0 saturated carbocycles. The lowest BCUT2D eigenvalue weighted by Crippen LogP contribution is -2.27. The van der Waals surface area contributed by atoms with Crippen LogP contribution in [0, 0.1) is 0 Å². The van der Waals surface area contributed by atoms with Crippen LogP contribution in [0.5, 0.6) is 5.75 Å². The molecule has 0 radical (unpaired) electrons. The van der Waals surface area contributed by atoms with Gasteiger partial charge in [-0.1, -0.05) is 12.1 Å². The number of anilines is 1. The third-order valence-electron chi connectivity index (χ3n) is 2.50. The highest BCUT2D eigenvalue weighted by atomic mass is 16.7. The number of ether oxygens (including phenoxy) is 1. The lowest BCUT2D eigenvalue weighted by atomic mass is 10.0. The normalized spacial score (nSPS) is 19.2. The van der Waals surface area contributed by atoms with Gasteiger partial charge in [0.05, 0.1) is 7.11 Å². The molecule has 0 aromatic heterocycles. The highest BCUT2D eigenvalue weighted by molar-refractivity contribution is 5.67. The summed E-state index contributed by atoms with van der Waals surface area (Å²) >= 11 is 0. The number of aliphatic hydroxyl groups is 1. The number of benzene rings is 1. The molecule has 1 aliphatic heterocycles. The summed E-state index contributed by atoms with van der Waals surface area (Å²) in [6.45, 7) is 0. The van der Waals surface area contributed by atoms with Crippen LogP contribution in [-0.2, 0) is 9.57 Å². The van der Waals surface area contributed by atoms with Crippen LogP contribution in [0.2, 0.25) is 0 Å². The van der Waals surface area contributed by atoms with Crippen molar-refractivity contribution in [2.75, 3.05) is 19.3 Å². The molecule has 1 heterocycles. The Morgan fingerprint density at radius 1 is 1.25 bits per heavy atom. The maximum absolute atomic E-state index is 9.77. The quantitative estimate of drug-likeness (QED) is 0.801. The number of hydroxylamine groups is 1. The SMILES string of the molecule is COC1C=C(O)N(OC)c2c(O)cccc21. The lowest BCUT2D eigenvalue weighted by Gasteiger charge is -2.30.